The second-order valence-corrected chi connectivity index (χ2v) is 12.8. The molecule has 1 amide bonds. The fraction of sp³-hybridized carbons (Fsp3) is 0.286. The van der Waals surface area contributed by atoms with Crippen LogP contribution in [0.3, 0.4) is 0 Å². The van der Waals surface area contributed by atoms with Crippen LogP contribution in [-0.2, 0) is 15.6 Å². The van der Waals surface area contributed by atoms with Crippen molar-refractivity contribution in [1.29, 1.82) is 0 Å². The van der Waals surface area contributed by atoms with Gasteiger partial charge in [-0.25, -0.2) is 13.4 Å². The van der Waals surface area contributed by atoms with Gasteiger partial charge in [0, 0.05) is 71.9 Å². The standard InChI is InChI=1S/C35H38N4O4S/c1-6-37(7-2)25-16-20-30-32(22-25)43-33-23-26(38(8-3)9-4)17-21-31(33)35(30)29-13-11-10-12-28(29)34(40)39(35)36-44(41,42)27-18-14-24(5)15-19-27/h10-23,36H,6-9H2,1-5H3. The van der Waals surface area contributed by atoms with E-state index in [4.69, 9.17) is 4.74 Å². The Kier molecular flexibility index (Phi) is 7.63. The lowest BCUT2D eigenvalue weighted by Crippen LogP contribution is -2.55. The van der Waals surface area contributed by atoms with Crippen molar-refractivity contribution in [1.82, 2.24) is 9.84 Å². The first kappa shape index (κ1) is 29.7. The smallest absolute Gasteiger partial charge is 0.270 e. The van der Waals surface area contributed by atoms with E-state index in [-0.39, 0.29) is 4.90 Å². The minimum absolute atomic E-state index is 0.0725. The SMILES string of the molecule is CCN(CC)c1ccc2c(c1)Oc1cc(N(CC)CC)ccc1C21c2ccccc2C(=O)N1NS(=O)(=O)c1ccc(C)cc1. The fourth-order valence-corrected chi connectivity index (χ4v) is 7.59. The minimum atomic E-state index is -4.15. The Labute approximate surface area is 259 Å². The first-order valence-electron chi connectivity index (χ1n) is 15.2. The van der Waals surface area contributed by atoms with Gasteiger partial charge >= 0.3 is 0 Å². The number of ether oxygens (including phenoxy) is 1. The third-order valence-corrected chi connectivity index (χ3v) is 10.1. The molecule has 1 N–H and O–H groups in total. The predicted molar refractivity (Wildman–Crippen MR) is 174 cm³/mol. The summed E-state index contributed by atoms with van der Waals surface area (Å²) >= 11 is 0. The molecule has 0 unspecified atom stereocenters. The Bertz CT molecular complexity index is 1770. The Morgan fingerprint density at radius 3 is 1.77 bits per heavy atom. The third-order valence-electron chi connectivity index (χ3n) is 8.82. The van der Waals surface area contributed by atoms with E-state index in [1.54, 1.807) is 36.4 Å². The molecule has 4 aromatic rings. The van der Waals surface area contributed by atoms with Crippen molar-refractivity contribution in [2.45, 2.75) is 45.1 Å². The van der Waals surface area contributed by atoms with Gasteiger partial charge in [-0.1, -0.05) is 48.0 Å². The number of carbonyl (C=O) groups excluding carboxylic acids is 1. The van der Waals surface area contributed by atoms with E-state index in [1.165, 1.54) is 5.01 Å². The highest BCUT2D eigenvalue weighted by Gasteiger charge is 2.58. The number of sulfonamides is 1. The number of rotatable bonds is 9. The first-order valence-corrected chi connectivity index (χ1v) is 16.7. The molecule has 0 aromatic heterocycles. The van der Waals surface area contributed by atoms with E-state index in [9.17, 15) is 13.2 Å². The van der Waals surface area contributed by atoms with E-state index in [2.05, 4.69) is 42.3 Å². The molecule has 0 saturated carbocycles. The number of carbonyl (C=O) groups is 1. The van der Waals surface area contributed by atoms with E-state index >= 15 is 0 Å². The summed E-state index contributed by atoms with van der Waals surface area (Å²) in [6.45, 7) is 13.6. The maximum Gasteiger partial charge on any atom is 0.270 e. The van der Waals surface area contributed by atoms with E-state index < -0.39 is 21.5 Å². The monoisotopic (exact) mass is 610 g/mol. The highest BCUT2D eigenvalue weighted by Crippen LogP contribution is 2.58. The molecule has 0 bridgehead atoms. The minimum Gasteiger partial charge on any atom is -0.456 e. The number of amides is 1. The van der Waals surface area contributed by atoms with Gasteiger partial charge in [-0.3, -0.25) is 4.79 Å². The van der Waals surface area contributed by atoms with Gasteiger partial charge < -0.3 is 14.5 Å². The van der Waals surface area contributed by atoms with E-state index in [1.807, 2.05) is 55.5 Å². The first-order chi connectivity index (χ1) is 21.2. The van der Waals surface area contributed by atoms with Gasteiger partial charge in [0.25, 0.3) is 15.9 Å². The number of hydrogen-bond donors (Lipinski definition) is 1. The zero-order valence-corrected chi connectivity index (χ0v) is 26.6. The Morgan fingerprint density at radius 2 is 1.25 bits per heavy atom. The molecule has 2 aliphatic rings. The molecule has 44 heavy (non-hydrogen) atoms. The maximum atomic E-state index is 14.3. The number of aryl methyl sites for hydroxylation is 1. The summed E-state index contributed by atoms with van der Waals surface area (Å²) in [5.41, 5.74) is 4.06. The molecule has 6 rings (SSSR count). The van der Waals surface area contributed by atoms with Crippen molar-refractivity contribution in [3.05, 3.63) is 113 Å². The number of nitrogens with zero attached hydrogens (tertiary/aromatic N) is 3. The molecule has 0 saturated heterocycles. The average molecular weight is 611 g/mol. The van der Waals surface area contributed by atoms with Crippen molar-refractivity contribution in [3.63, 3.8) is 0 Å². The second kappa shape index (κ2) is 11.3. The molecule has 0 fully saturated rings. The molecule has 9 heteroatoms. The van der Waals surface area contributed by atoms with Crippen LogP contribution in [0.2, 0.25) is 0 Å². The summed E-state index contributed by atoms with van der Waals surface area (Å²) in [4.78, 5) is 21.6. The molecule has 8 nitrogen and oxygen atoms in total. The van der Waals surface area contributed by atoms with Gasteiger partial charge in [0.1, 0.15) is 17.0 Å². The fourth-order valence-electron chi connectivity index (χ4n) is 6.53. The molecule has 0 aliphatic carbocycles. The van der Waals surface area contributed by atoms with Crippen LogP contribution in [0.15, 0.2) is 89.8 Å². The largest absolute Gasteiger partial charge is 0.456 e. The Balaban J connectivity index is 1.64. The molecule has 0 atom stereocenters. The van der Waals surface area contributed by atoms with Gasteiger partial charge in [0.2, 0.25) is 0 Å². The van der Waals surface area contributed by atoms with Crippen LogP contribution in [0.5, 0.6) is 11.5 Å². The van der Waals surface area contributed by atoms with Gasteiger partial charge in [-0.2, -0.15) is 0 Å². The van der Waals surface area contributed by atoms with Crippen LogP contribution in [0.25, 0.3) is 0 Å². The van der Waals surface area contributed by atoms with Crippen LogP contribution in [0, 0.1) is 6.92 Å². The molecule has 228 valence electrons. The van der Waals surface area contributed by atoms with Crippen molar-refractivity contribution in [3.8, 4) is 11.5 Å². The number of hydrogen-bond acceptors (Lipinski definition) is 6. The zero-order valence-electron chi connectivity index (χ0n) is 25.8. The number of hydrazine groups is 1. The predicted octanol–water partition coefficient (Wildman–Crippen LogP) is 6.43. The molecule has 2 aliphatic heterocycles. The summed E-state index contributed by atoms with van der Waals surface area (Å²) in [6, 6.07) is 25.9. The Morgan fingerprint density at radius 1 is 0.727 bits per heavy atom. The lowest BCUT2D eigenvalue weighted by atomic mass is 9.75. The third kappa shape index (κ3) is 4.53. The summed E-state index contributed by atoms with van der Waals surface area (Å²) in [6.07, 6.45) is 0. The summed E-state index contributed by atoms with van der Waals surface area (Å²) in [7, 11) is -4.15. The maximum absolute atomic E-state index is 14.3. The normalized spacial score (nSPS) is 14.6. The number of nitrogens with one attached hydrogen (secondary N) is 1. The molecule has 0 radical (unpaired) electrons. The number of benzene rings is 4. The van der Waals surface area contributed by atoms with Gasteiger partial charge in [0.05, 0.1) is 4.90 Å². The number of fused-ring (bicyclic) bond motifs is 6. The van der Waals surface area contributed by atoms with Crippen LogP contribution in [0.4, 0.5) is 11.4 Å². The topological polar surface area (TPSA) is 82.2 Å². The molecular formula is C35H38N4O4S. The van der Waals surface area contributed by atoms with Crippen molar-refractivity contribution in [2.75, 3.05) is 36.0 Å². The molecule has 2 heterocycles. The lowest BCUT2D eigenvalue weighted by Gasteiger charge is -2.44. The second-order valence-electron chi connectivity index (χ2n) is 11.1. The summed E-state index contributed by atoms with van der Waals surface area (Å²) < 4.78 is 34.6. The highest BCUT2D eigenvalue weighted by molar-refractivity contribution is 7.89. The van der Waals surface area contributed by atoms with E-state index in [0.29, 0.717) is 33.8 Å². The van der Waals surface area contributed by atoms with Crippen LogP contribution >= 0.6 is 0 Å². The van der Waals surface area contributed by atoms with Crippen molar-refractivity contribution in [2.24, 2.45) is 0 Å². The van der Waals surface area contributed by atoms with Crippen LogP contribution in [0.1, 0.15) is 60.3 Å². The summed E-state index contributed by atoms with van der Waals surface area (Å²) in [5.74, 6) is 0.709. The average Bonchev–Trinajstić information content (AvgIpc) is 3.26. The lowest BCUT2D eigenvalue weighted by molar-refractivity contribution is 0.0605. The number of anilines is 2. The highest BCUT2D eigenvalue weighted by atomic mass is 32.2. The van der Waals surface area contributed by atoms with Crippen molar-refractivity contribution >= 4 is 27.3 Å². The Hall–Kier alpha value is -4.34. The zero-order chi connectivity index (χ0) is 31.2. The van der Waals surface area contributed by atoms with Gasteiger partial charge in [-0.15, -0.1) is 4.83 Å². The van der Waals surface area contributed by atoms with Crippen LogP contribution < -0.4 is 19.4 Å². The van der Waals surface area contributed by atoms with E-state index in [0.717, 1.165) is 43.1 Å². The molecule has 4 aromatic carbocycles. The van der Waals surface area contributed by atoms with Crippen molar-refractivity contribution < 1.29 is 17.9 Å². The summed E-state index contributed by atoms with van der Waals surface area (Å²) in [5, 5.41) is 1.29. The van der Waals surface area contributed by atoms with Gasteiger partial charge in [0.15, 0.2) is 0 Å². The molecule has 1 spiro atoms. The quantitative estimate of drug-likeness (QED) is 0.235. The molecular weight excluding hydrogens is 572 g/mol. The van der Waals surface area contributed by atoms with Crippen LogP contribution in [-0.4, -0.2) is 45.5 Å². The van der Waals surface area contributed by atoms with Gasteiger partial charge in [-0.05, 0) is 65.0 Å².